The lowest BCUT2D eigenvalue weighted by atomic mass is 9.54. The van der Waals surface area contributed by atoms with Crippen LogP contribution >= 0.6 is 0 Å². The molecule has 2 N–H and O–H groups in total. The second-order valence-corrected chi connectivity index (χ2v) is 11.7. The zero-order valence-corrected chi connectivity index (χ0v) is 21.9. The largest absolute Gasteiger partial charge is 0.508 e. The van der Waals surface area contributed by atoms with E-state index in [0.29, 0.717) is 19.3 Å². The SMILES string of the molecule is CC(=O)OC12CC[C@H](NC(=O)OCc3ccccc3)C[C@]1(c1cccc(O)c1)CC[N@+](C)(CC1CC1)C2. The van der Waals surface area contributed by atoms with Gasteiger partial charge >= 0.3 is 12.1 Å². The number of hydrogen-bond donors (Lipinski definition) is 2. The molecule has 7 nitrogen and oxygen atoms in total. The minimum absolute atomic E-state index is 0.130. The molecule has 0 radical (unpaired) electrons. The van der Waals surface area contributed by atoms with Gasteiger partial charge in [0, 0.05) is 30.7 Å². The maximum absolute atomic E-state index is 12.8. The zero-order chi connectivity index (χ0) is 26.1. The Hall–Kier alpha value is -3.06. The highest BCUT2D eigenvalue weighted by Crippen LogP contribution is 2.55. The second kappa shape index (κ2) is 10.0. The summed E-state index contributed by atoms with van der Waals surface area (Å²) in [5.74, 6) is 0.671. The molecule has 0 aromatic heterocycles. The van der Waals surface area contributed by atoms with E-state index in [4.69, 9.17) is 9.47 Å². The van der Waals surface area contributed by atoms with Gasteiger partial charge in [-0.15, -0.1) is 0 Å². The summed E-state index contributed by atoms with van der Waals surface area (Å²) in [6, 6.07) is 16.9. The van der Waals surface area contributed by atoms with E-state index in [2.05, 4.69) is 12.4 Å². The molecule has 3 aliphatic rings. The van der Waals surface area contributed by atoms with Gasteiger partial charge in [0.15, 0.2) is 5.60 Å². The van der Waals surface area contributed by atoms with Gasteiger partial charge in [0.05, 0.1) is 20.1 Å². The van der Waals surface area contributed by atoms with Crippen LogP contribution in [0, 0.1) is 5.92 Å². The van der Waals surface area contributed by atoms with Gasteiger partial charge in [0.2, 0.25) is 0 Å². The highest BCUT2D eigenvalue weighted by molar-refractivity contribution is 5.68. The molecule has 198 valence electrons. The van der Waals surface area contributed by atoms with Crippen molar-refractivity contribution < 1.29 is 28.7 Å². The van der Waals surface area contributed by atoms with Crippen LogP contribution in [0.3, 0.4) is 0 Å². The van der Waals surface area contributed by atoms with Crippen molar-refractivity contribution in [3.8, 4) is 5.75 Å². The number of likely N-dealkylation sites (N-methyl/N-ethyl adjacent to an activating group) is 1. The van der Waals surface area contributed by atoms with Gasteiger partial charge < -0.3 is 24.4 Å². The van der Waals surface area contributed by atoms with Gasteiger partial charge in [-0.25, -0.2) is 4.79 Å². The Bertz CT molecular complexity index is 1140. The van der Waals surface area contributed by atoms with Crippen molar-refractivity contribution in [2.45, 2.75) is 69.1 Å². The number of alkyl carbamates (subject to hydrolysis) is 1. The molecule has 1 saturated heterocycles. The lowest BCUT2D eigenvalue weighted by Gasteiger charge is -2.60. The van der Waals surface area contributed by atoms with Crippen molar-refractivity contribution in [1.82, 2.24) is 5.32 Å². The molecular formula is C30H39N2O5+. The first-order valence-corrected chi connectivity index (χ1v) is 13.5. The Labute approximate surface area is 219 Å². The fourth-order valence-corrected chi connectivity index (χ4v) is 6.99. The van der Waals surface area contributed by atoms with Gasteiger partial charge in [0.25, 0.3) is 0 Å². The Balaban J connectivity index is 1.42. The number of carbonyl (C=O) groups excluding carboxylic acids is 2. The zero-order valence-electron chi connectivity index (χ0n) is 21.9. The van der Waals surface area contributed by atoms with Crippen LogP contribution in [-0.4, -0.2) is 60.0 Å². The van der Waals surface area contributed by atoms with E-state index in [-0.39, 0.29) is 24.4 Å². The number of esters is 1. The van der Waals surface area contributed by atoms with Crippen LogP contribution in [0.2, 0.25) is 0 Å². The van der Waals surface area contributed by atoms with Crippen LogP contribution in [0.5, 0.6) is 5.75 Å². The highest BCUT2D eigenvalue weighted by Gasteiger charge is 2.65. The van der Waals surface area contributed by atoms with Gasteiger partial charge in [-0.2, -0.15) is 0 Å². The number of nitrogens with one attached hydrogen (secondary N) is 1. The molecule has 1 unspecified atom stereocenters. The molecule has 1 amide bonds. The lowest BCUT2D eigenvalue weighted by molar-refractivity contribution is -0.924. The molecule has 4 atom stereocenters. The Morgan fingerprint density at radius 3 is 2.57 bits per heavy atom. The summed E-state index contributed by atoms with van der Waals surface area (Å²) in [4.78, 5) is 25.3. The Morgan fingerprint density at radius 1 is 1.08 bits per heavy atom. The number of quaternary nitrogens is 1. The molecule has 0 spiro atoms. The molecule has 1 heterocycles. The maximum Gasteiger partial charge on any atom is 0.407 e. The summed E-state index contributed by atoms with van der Waals surface area (Å²) in [5, 5.41) is 13.5. The second-order valence-electron chi connectivity index (χ2n) is 11.7. The number of rotatable bonds is 7. The lowest BCUT2D eigenvalue weighted by Crippen LogP contribution is -2.72. The van der Waals surface area contributed by atoms with Crippen LogP contribution in [0.25, 0.3) is 0 Å². The highest BCUT2D eigenvalue weighted by atomic mass is 16.6. The summed E-state index contributed by atoms with van der Waals surface area (Å²) >= 11 is 0. The molecule has 3 fully saturated rings. The van der Waals surface area contributed by atoms with E-state index in [1.54, 1.807) is 6.07 Å². The number of phenols is 1. The number of nitrogens with zero attached hydrogens (tertiary/aromatic N) is 1. The summed E-state index contributed by atoms with van der Waals surface area (Å²) in [6.45, 7) is 4.51. The van der Waals surface area contributed by atoms with E-state index < -0.39 is 17.1 Å². The molecule has 7 heteroatoms. The van der Waals surface area contributed by atoms with Gasteiger partial charge in [-0.1, -0.05) is 42.5 Å². The van der Waals surface area contributed by atoms with Crippen LogP contribution in [0.1, 0.15) is 56.6 Å². The maximum atomic E-state index is 12.8. The van der Waals surface area contributed by atoms with Crippen molar-refractivity contribution >= 4 is 12.1 Å². The van der Waals surface area contributed by atoms with Crippen LogP contribution in [-0.2, 0) is 26.3 Å². The fourth-order valence-electron chi connectivity index (χ4n) is 6.99. The first-order chi connectivity index (χ1) is 17.7. The summed E-state index contributed by atoms with van der Waals surface area (Å²) in [6.07, 6.45) is 4.89. The molecule has 2 aromatic carbocycles. The summed E-state index contributed by atoms with van der Waals surface area (Å²) < 4.78 is 12.8. The Kier molecular flexibility index (Phi) is 6.92. The van der Waals surface area contributed by atoms with E-state index in [9.17, 15) is 14.7 Å². The number of likely N-dealkylation sites (tertiary alicyclic amines) is 1. The van der Waals surface area contributed by atoms with Crippen molar-refractivity contribution in [2.24, 2.45) is 5.92 Å². The number of fused-ring (bicyclic) bond motifs is 1. The van der Waals surface area contributed by atoms with E-state index in [1.807, 2.05) is 48.5 Å². The minimum Gasteiger partial charge on any atom is -0.508 e. The predicted octanol–water partition coefficient (Wildman–Crippen LogP) is 4.67. The topological polar surface area (TPSA) is 84.9 Å². The third kappa shape index (κ3) is 5.47. The molecule has 1 aliphatic heterocycles. The van der Waals surface area contributed by atoms with Crippen molar-refractivity contribution in [1.29, 1.82) is 0 Å². The van der Waals surface area contributed by atoms with Gasteiger partial charge in [0.1, 0.15) is 18.9 Å². The third-order valence-corrected chi connectivity index (χ3v) is 8.75. The number of carbonyl (C=O) groups is 2. The monoisotopic (exact) mass is 507 g/mol. The molecular weight excluding hydrogens is 468 g/mol. The Morgan fingerprint density at radius 2 is 1.86 bits per heavy atom. The van der Waals surface area contributed by atoms with Gasteiger partial charge in [-0.3, -0.25) is 4.79 Å². The fraction of sp³-hybridized carbons (Fsp3) is 0.533. The molecule has 2 aliphatic carbocycles. The molecule has 5 rings (SSSR count). The average Bonchev–Trinajstić information content (AvgIpc) is 3.67. The first kappa shape index (κ1) is 25.6. The summed E-state index contributed by atoms with van der Waals surface area (Å²) in [7, 11) is 2.29. The average molecular weight is 508 g/mol. The minimum atomic E-state index is -0.708. The quantitative estimate of drug-likeness (QED) is 0.420. The van der Waals surface area contributed by atoms with Crippen LogP contribution in [0.15, 0.2) is 54.6 Å². The summed E-state index contributed by atoms with van der Waals surface area (Å²) in [5.41, 5.74) is 0.677. The van der Waals surface area contributed by atoms with Crippen molar-refractivity contribution in [3.63, 3.8) is 0 Å². The van der Waals surface area contributed by atoms with Crippen LogP contribution < -0.4 is 5.32 Å². The predicted molar refractivity (Wildman–Crippen MR) is 140 cm³/mol. The van der Waals surface area contributed by atoms with E-state index in [0.717, 1.165) is 47.6 Å². The number of piperidine rings is 1. The van der Waals surface area contributed by atoms with E-state index in [1.165, 1.54) is 19.8 Å². The molecule has 2 aromatic rings. The number of ether oxygens (including phenoxy) is 2. The van der Waals surface area contributed by atoms with Gasteiger partial charge in [-0.05, 0) is 55.4 Å². The number of amides is 1. The first-order valence-electron chi connectivity index (χ1n) is 13.5. The number of hydrogen-bond acceptors (Lipinski definition) is 5. The number of phenolic OH excluding ortho intramolecular Hbond substituents is 1. The molecule has 37 heavy (non-hydrogen) atoms. The molecule has 0 bridgehead atoms. The molecule has 2 saturated carbocycles. The van der Waals surface area contributed by atoms with E-state index >= 15 is 0 Å². The van der Waals surface area contributed by atoms with Crippen molar-refractivity contribution in [2.75, 3.05) is 26.7 Å². The third-order valence-electron chi connectivity index (χ3n) is 8.75. The van der Waals surface area contributed by atoms with Crippen LogP contribution in [0.4, 0.5) is 4.79 Å². The van der Waals surface area contributed by atoms with Crippen molar-refractivity contribution in [3.05, 3.63) is 65.7 Å². The standard InChI is InChI=1S/C30H38N2O5/c1-22(33)37-30-14-13-26(31-28(35)36-20-24-7-4-3-5-8-24)18-29(30,25-9-6-10-27(34)17-25)15-16-32(2,21-30)19-23-11-12-23/h3-10,17,23,26H,11-16,18-21H2,1-2H3,(H-,31,34,35)/p+1/t26-,29-,30?,32+/m0/s1. The normalized spacial score (nSPS) is 31.1. The number of aromatic hydroxyl groups is 1. The smallest absolute Gasteiger partial charge is 0.407 e. The number of benzene rings is 2.